The molecule has 0 atom stereocenters. The van der Waals surface area contributed by atoms with Crippen molar-refractivity contribution in [2.24, 2.45) is 0 Å². The van der Waals surface area contributed by atoms with Crippen molar-refractivity contribution in [1.82, 2.24) is 9.55 Å². The average molecular weight is 523 g/mol. The minimum Gasteiger partial charge on any atom is -0.490 e. The van der Waals surface area contributed by atoms with Gasteiger partial charge in [-0.3, -0.25) is 9.78 Å². The number of pyridine rings is 1. The molecule has 0 unspecified atom stereocenters. The highest BCUT2D eigenvalue weighted by atomic mass is 16.5. The highest BCUT2D eigenvalue weighted by molar-refractivity contribution is 5.88. The molecule has 198 valence electrons. The second-order valence-electron chi connectivity index (χ2n) is 9.34. The lowest BCUT2D eigenvalue weighted by Gasteiger charge is -2.11. The van der Waals surface area contributed by atoms with Gasteiger partial charge in [0.05, 0.1) is 6.42 Å². The molecule has 3 aromatic carbocycles. The molecule has 0 radical (unpaired) electrons. The zero-order chi connectivity index (χ0) is 27.0. The Bertz CT molecular complexity index is 1540. The van der Waals surface area contributed by atoms with Crippen molar-refractivity contribution in [3.05, 3.63) is 120 Å². The van der Waals surface area contributed by atoms with Gasteiger partial charge in [0.2, 0.25) is 0 Å². The molecule has 2 heterocycles. The Morgan fingerprint density at radius 2 is 1.59 bits per heavy atom. The second-order valence-corrected chi connectivity index (χ2v) is 9.34. The average Bonchev–Trinajstić information content (AvgIpc) is 3.27. The number of rotatable bonds is 12. The minimum absolute atomic E-state index is 0.0641. The number of hydrogen-bond acceptors (Lipinski definition) is 5. The van der Waals surface area contributed by atoms with Crippen LogP contribution < -0.4 is 14.2 Å². The van der Waals surface area contributed by atoms with Gasteiger partial charge in [0, 0.05) is 42.1 Å². The monoisotopic (exact) mass is 522 g/mol. The van der Waals surface area contributed by atoms with Crippen LogP contribution in [0.2, 0.25) is 0 Å². The van der Waals surface area contributed by atoms with Crippen LogP contribution in [0.1, 0.15) is 22.3 Å². The number of hydrogen-bond donors (Lipinski definition) is 1. The number of carboxylic acid groups (broad SMARTS) is 1. The topological polar surface area (TPSA) is 82.8 Å². The van der Waals surface area contributed by atoms with Crippen LogP contribution in [0.15, 0.2) is 97.5 Å². The highest BCUT2D eigenvalue weighted by Crippen LogP contribution is 2.28. The number of carbonyl (C=O) groups is 1. The molecule has 0 aliphatic carbocycles. The maximum atomic E-state index is 11.5. The van der Waals surface area contributed by atoms with Crippen LogP contribution in [-0.4, -0.2) is 33.8 Å². The number of aliphatic carboxylic acids is 1. The summed E-state index contributed by atoms with van der Waals surface area (Å²) in [5.41, 5.74) is 5.05. The largest absolute Gasteiger partial charge is 0.490 e. The fourth-order valence-electron chi connectivity index (χ4n) is 4.39. The van der Waals surface area contributed by atoms with Gasteiger partial charge in [0.25, 0.3) is 0 Å². The predicted octanol–water partition coefficient (Wildman–Crippen LogP) is 6.06. The smallest absolute Gasteiger partial charge is 0.307 e. The van der Waals surface area contributed by atoms with Gasteiger partial charge in [-0.05, 0) is 60.0 Å². The molecule has 0 aliphatic rings. The fourth-order valence-corrected chi connectivity index (χ4v) is 4.39. The van der Waals surface area contributed by atoms with Gasteiger partial charge >= 0.3 is 5.97 Å². The quantitative estimate of drug-likeness (QED) is 0.201. The summed E-state index contributed by atoms with van der Waals surface area (Å²) >= 11 is 0. The van der Waals surface area contributed by atoms with Gasteiger partial charge in [0.1, 0.15) is 37.1 Å². The third kappa shape index (κ3) is 6.96. The van der Waals surface area contributed by atoms with E-state index in [0.29, 0.717) is 37.9 Å². The van der Waals surface area contributed by atoms with Crippen molar-refractivity contribution < 1.29 is 24.1 Å². The summed E-state index contributed by atoms with van der Waals surface area (Å²) in [6, 6.07) is 25.5. The number of aryl methyl sites for hydroxylation is 1. The number of benzene rings is 3. The van der Waals surface area contributed by atoms with Gasteiger partial charge in [-0.1, -0.05) is 42.0 Å². The first kappa shape index (κ1) is 25.9. The van der Waals surface area contributed by atoms with Crippen molar-refractivity contribution >= 4 is 16.9 Å². The Labute approximate surface area is 227 Å². The molecule has 7 nitrogen and oxygen atoms in total. The Morgan fingerprint density at radius 3 is 2.31 bits per heavy atom. The van der Waals surface area contributed by atoms with E-state index < -0.39 is 5.97 Å². The van der Waals surface area contributed by atoms with E-state index in [1.807, 2.05) is 71.6 Å². The normalized spacial score (nSPS) is 10.9. The first-order valence-electron chi connectivity index (χ1n) is 12.8. The molecule has 0 bridgehead atoms. The van der Waals surface area contributed by atoms with E-state index in [4.69, 9.17) is 14.2 Å². The lowest BCUT2D eigenvalue weighted by molar-refractivity contribution is -0.136. The summed E-state index contributed by atoms with van der Waals surface area (Å²) in [6.07, 6.45) is 5.38. The van der Waals surface area contributed by atoms with Crippen molar-refractivity contribution in [1.29, 1.82) is 0 Å². The lowest BCUT2D eigenvalue weighted by atomic mass is 10.1. The van der Waals surface area contributed by atoms with E-state index in [1.165, 1.54) is 5.56 Å². The molecule has 0 fully saturated rings. The summed E-state index contributed by atoms with van der Waals surface area (Å²) in [7, 11) is 0. The molecule has 0 amide bonds. The molecular formula is C32H30N2O5. The fraction of sp³-hybridized carbons (Fsp3) is 0.188. The maximum absolute atomic E-state index is 11.5. The summed E-state index contributed by atoms with van der Waals surface area (Å²) in [4.78, 5) is 15.7. The molecule has 39 heavy (non-hydrogen) atoms. The lowest BCUT2D eigenvalue weighted by Crippen LogP contribution is -2.09. The van der Waals surface area contributed by atoms with Crippen LogP contribution >= 0.6 is 0 Å². The number of fused-ring (bicyclic) bond motifs is 1. The Kier molecular flexibility index (Phi) is 8.07. The molecule has 0 saturated heterocycles. The van der Waals surface area contributed by atoms with E-state index in [-0.39, 0.29) is 6.42 Å². The predicted molar refractivity (Wildman–Crippen MR) is 150 cm³/mol. The number of ether oxygens (including phenoxy) is 3. The standard InChI is InChI=1S/C32H30N2O5/c1-23-7-9-24(10-8-23)22-39-28-6-2-5-27(17-28)37-14-15-38-29-11-12-31-30(18-29)26(16-32(35)36)21-34(31)20-25-4-3-13-33-19-25/h2-13,17-19,21H,14-16,20,22H2,1H3,(H,35,36). The van der Waals surface area contributed by atoms with Crippen molar-refractivity contribution in [2.45, 2.75) is 26.5 Å². The van der Waals surface area contributed by atoms with Crippen molar-refractivity contribution in [3.8, 4) is 17.2 Å². The molecule has 2 aromatic heterocycles. The van der Waals surface area contributed by atoms with E-state index in [9.17, 15) is 9.90 Å². The number of carboxylic acids is 1. The molecule has 0 saturated carbocycles. The van der Waals surface area contributed by atoms with Crippen LogP contribution in [0.4, 0.5) is 0 Å². The van der Waals surface area contributed by atoms with E-state index in [1.54, 1.807) is 6.20 Å². The van der Waals surface area contributed by atoms with Gasteiger partial charge in [-0.2, -0.15) is 0 Å². The van der Waals surface area contributed by atoms with Gasteiger partial charge < -0.3 is 23.9 Å². The number of aromatic nitrogens is 2. The Hall–Kier alpha value is -4.78. The van der Waals surface area contributed by atoms with Crippen LogP contribution in [0.25, 0.3) is 10.9 Å². The van der Waals surface area contributed by atoms with E-state index in [2.05, 4.69) is 36.2 Å². The maximum Gasteiger partial charge on any atom is 0.307 e. The van der Waals surface area contributed by atoms with Crippen molar-refractivity contribution in [3.63, 3.8) is 0 Å². The van der Waals surface area contributed by atoms with Crippen molar-refractivity contribution in [2.75, 3.05) is 13.2 Å². The molecule has 7 heteroatoms. The highest BCUT2D eigenvalue weighted by Gasteiger charge is 2.13. The minimum atomic E-state index is -0.875. The third-order valence-corrected chi connectivity index (χ3v) is 6.30. The molecule has 0 spiro atoms. The van der Waals surface area contributed by atoms with Crippen LogP contribution in [0, 0.1) is 6.92 Å². The summed E-state index contributed by atoms with van der Waals surface area (Å²) in [6.45, 7) is 3.84. The Balaban J connectivity index is 1.19. The first-order chi connectivity index (χ1) is 19.0. The first-order valence-corrected chi connectivity index (χ1v) is 12.8. The molecule has 5 aromatic rings. The van der Waals surface area contributed by atoms with Gasteiger partial charge in [0.15, 0.2) is 0 Å². The van der Waals surface area contributed by atoms with E-state index >= 15 is 0 Å². The van der Waals surface area contributed by atoms with Crippen LogP contribution in [0.5, 0.6) is 17.2 Å². The second kappa shape index (κ2) is 12.2. The molecular weight excluding hydrogens is 492 g/mol. The van der Waals surface area contributed by atoms with Crippen LogP contribution in [-0.2, 0) is 24.4 Å². The van der Waals surface area contributed by atoms with Gasteiger partial charge in [-0.25, -0.2) is 0 Å². The summed E-state index contributed by atoms with van der Waals surface area (Å²) < 4.78 is 19.8. The van der Waals surface area contributed by atoms with Crippen LogP contribution in [0.3, 0.4) is 0 Å². The molecule has 5 rings (SSSR count). The summed E-state index contributed by atoms with van der Waals surface area (Å²) in [5.74, 6) is 1.22. The molecule has 1 N–H and O–H groups in total. The Morgan fingerprint density at radius 1 is 0.846 bits per heavy atom. The zero-order valence-electron chi connectivity index (χ0n) is 21.7. The SMILES string of the molecule is Cc1ccc(COc2cccc(OCCOc3ccc4c(c3)c(CC(=O)O)cn4Cc3cccnc3)c2)cc1. The molecule has 0 aliphatic heterocycles. The van der Waals surface area contributed by atoms with E-state index in [0.717, 1.165) is 33.3 Å². The zero-order valence-corrected chi connectivity index (χ0v) is 21.7. The summed E-state index contributed by atoms with van der Waals surface area (Å²) in [5, 5.41) is 10.3. The third-order valence-electron chi connectivity index (χ3n) is 6.30. The number of nitrogens with zero attached hydrogens (tertiary/aromatic N) is 2. The van der Waals surface area contributed by atoms with Gasteiger partial charge in [-0.15, -0.1) is 0 Å².